The number of unbranched alkanes of at least 4 members (excludes halogenated alkanes) is 1. The smallest absolute Gasteiger partial charge is 0.309 e. The third-order valence-corrected chi connectivity index (χ3v) is 14.0. The fourth-order valence-corrected chi connectivity index (χ4v) is 9.63. The van der Waals surface area contributed by atoms with Crippen molar-refractivity contribution in [3.05, 3.63) is 92.2 Å². The second kappa shape index (κ2) is 30.7. The molecule has 0 spiro atoms. The van der Waals surface area contributed by atoms with E-state index < -0.39 is 24.0 Å². The number of Topliss-reactive ketones (excluding diaryl/α,β-unsaturated/α-hetero) is 1. The number of piperidine rings is 1. The molecule has 15 nitrogen and oxygen atoms in total. The number of rotatable bonds is 32. The van der Waals surface area contributed by atoms with E-state index in [1.54, 1.807) is 5.38 Å². The number of benzene rings is 2. The molecule has 1 unspecified atom stereocenters. The summed E-state index contributed by atoms with van der Waals surface area (Å²) < 4.78 is 24.1. The topological polar surface area (TPSA) is 185 Å². The van der Waals surface area contributed by atoms with Crippen LogP contribution in [0.15, 0.2) is 65.1 Å². The van der Waals surface area contributed by atoms with Crippen LogP contribution in [0.2, 0.25) is 0 Å². The van der Waals surface area contributed by atoms with Crippen LogP contribution in [0.3, 0.4) is 0 Å². The SMILES string of the molecule is CCCO[C@H](C[C@H](C(C)C)N(COCC)C(=O)[C@@H](CC(=O)C1CCCCN1C)[C@@H](C)CC)c1nc(C(=O)N[C@@H](Cc2ccc(OCCCCN=[N+]=[N-])cc2)C[C@H](C)C(=O)OCc2ccccc2)cs1. The lowest BCUT2D eigenvalue weighted by Crippen LogP contribution is -2.50. The van der Waals surface area contributed by atoms with Crippen molar-refractivity contribution in [2.24, 2.45) is 28.8 Å². The number of hydrogen-bond acceptors (Lipinski definition) is 12. The standard InChI is InChI=1S/C53H79N7O8S/c1-9-28-67-49(33-47(37(4)5)60(36-65-11-3)52(63)44(38(6)10-2)32-48(61)46-21-15-17-27-59(46)8)51-57-45(35-69-51)50(62)56-42(30-39(7)53(64)68-34-41-19-13-12-14-20-41)31-40-22-24-43(25-23-40)66-29-18-16-26-55-58-54/h12-14,19-20,22-25,35,37-39,42,44,46-47,49H,9-11,15-18,21,26-34,36H2,1-8H3,(H,56,62)/t38-,39-,42+,44-,46?,47+,49+/m0/s1. The molecule has 2 aromatic carbocycles. The van der Waals surface area contributed by atoms with Crippen LogP contribution < -0.4 is 10.1 Å². The molecule has 1 aliphatic rings. The highest BCUT2D eigenvalue weighted by Gasteiger charge is 2.39. The second-order valence-corrected chi connectivity index (χ2v) is 19.7. The number of hydrogen-bond donors (Lipinski definition) is 1. The normalized spacial score (nSPS) is 16.6. The van der Waals surface area contributed by atoms with E-state index in [0.717, 1.165) is 62.6 Å². The number of aromatic nitrogens is 1. The Balaban J connectivity index is 1.55. The molecule has 2 heterocycles. The molecular formula is C53H79N7O8S. The van der Waals surface area contributed by atoms with Gasteiger partial charge in [-0.25, -0.2) is 4.98 Å². The summed E-state index contributed by atoms with van der Waals surface area (Å²) in [6.45, 7) is 17.0. The summed E-state index contributed by atoms with van der Waals surface area (Å²) in [6, 6.07) is 16.2. The van der Waals surface area contributed by atoms with Gasteiger partial charge in [0.05, 0.1) is 18.6 Å². The van der Waals surface area contributed by atoms with Crippen molar-refractivity contribution in [1.29, 1.82) is 0 Å². The summed E-state index contributed by atoms with van der Waals surface area (Å²) in [5, 5.41) is 9.12. The number of likely N-dealkylation sites (N-methyl/N-ethyl adjacent to an activating group) is 1. The highest BCUT2D eigenvalue weighted by atomic mass is 32.1. The fraction of sp³-hybridized carbons (Fsp3) is 0.642. The van der Waals surface area contributed by atoms with E-state index >= 15 is 0 Å². The van der Waals surface area contributed by atoms with Gasteiger partial charge in [0.2, 0.25) is 5.91 Å². The number of amides is 2. The van der Waals surface area contributed by atoms with Crippen molar-refractivity contribution in [3.63, 3.8) is 0 Å². The predicted molar refractivity (Wildman–Crippen MR) is 271 cm³/mol. The first-order valence-electron chi connectivity index (χ1n) is 25.2. The molecule has 4 rings (SSSR count). The minimum Gasteiger partial charge on any atom is -0.494 e. The molecule has 3 aromatic rings. The molecule has 0 radical (unpaired) electrons. The van der Waals surface area contributed by atoms with E-state index in [1.807, 2.05) is 87.3 Å². The Morgan fingerprint density at radius 2 is 1.72 bits per heavy atom. The van der Waals surface area contributed by atoms with Gasteiger partial charge in [-0.15, -0.1) is 11.3 Å². The Labute approximate surface area is 415 Å². The van der Waals surface area contributed by atoms with Crippen LogP contribution in [0, 0.1) is 23.7 Å². The minimum atomic E-state index is -0.526. The maximum Gasteiger partial charge on any atom is 0.309 e. The molecule has 0 bridgehead atoms. The van der Waals surface area contributed by atoms with Crippen LogP contribution in [-0.2, 0) is 41.6 Å². The molecule has 1 saturated heterocycles. The number of likely N-dealkylation sites (tertiary alicyclic amines) is 1. The Morgan fingerprint density at radius 3 is 2.39 bits per heavy atom. The van der Waals surface area contributed by atoms with Crippen LogP contribution in [0.4, 0.5) is 0 Å². The van der Waals surface area contributed by atoms with Crippen LogP contribution in [-0.4, -0.2) is 103 Å². The molecule has 16 heteroatoms. The van der Waals surface area contributed by atoms with Gasteiger partial charge >= 0.3 is 5.97 Å². The highest BCUT2D eigenvalue weighted by molar-refractivity contribution is 7.09. The van der Waals surface area contributed by atoms with Gasteiger partial charge in [0.25, 0.3) is 5.91 Å². The predicted octanol–water partition coefficient (Wildman–Crippen LogP) is 10.5. The number of carbonyl (C=O) groups is 4. The number of nitrogens with one attached hydrogen (secondary N) is 1. The molecule has 0 aliphatic carbocycles. The van der Waals surface area contributed by atoms with Gasteiger partial charge in [-0.05, 0) is 106 Å². The molecule has 1 aliphatic heterocycles. The first-order valence-corrected chi connectivity index (χ1v) is 26.1. The zero-order valence-corrected chi connectivity index (χ0v) is 43.3. The number of thiazole rings is 1. The van der Waals surface area contributed by atoms with E-state index in [0.29, 0.717) is 56.4 Å². The molecule has 2 amide bonds. The quantitative estimate of drug-likeness (QED) is 0.0158. The van der Waals surface area contributed by atoms with Crippen molar-refractivity contribution >= 4 is 34.9 Å². The largest absolute Gasteiger partial charge is 0.494 e. The van der Waals surface area contributed by atoms with E-state index in [4.69, 9.17) is 29.5 Å². The van der Waals surface area contributed by atoms with Crippen molar-refractivity contribution < 1.29 is 38.1 Å². The summed E-state index contributed by atoms with van der Waals surface area (Å²) in [4.78, 5) is 67.9. The first kappa shape index (κ1) is 56.7. The zero-order chi connectivity index (χ0) is 50.1. The number of carbonyl (C=O) groups excluding carboxylic acids is 4. The van der Waals surface area contributed by atoms with Gasteiger partial charge in [-0.1, -0.05) is 102 Å². The van der Waals surface area contributed by atoms with E-state index in [2.05, 4.69) is 47.9 Å². The molecule has 1 aromatic heterocycles. The third-order valence-electron chi connectivity index (χ3n) is 13.1. The monoisotopic (exact) mass is 974 g/mol. The van der Waals surface area contributed by atoms with Gasteiger partial charge in [0, 0.05) is 60.9 Å². The maximum absolute atomic E-state index is 14.9. The summed E-state index contributed by atoms with van der Waals surface area (Å²) in [5.41, 5.74) is 10.6. The molecule has 7 atom stereocenters. The second-order valence-electron chi connectivity index (χ2n) is 18.8. The number of azide groups is 1. The first-order chi connectivity index (χ1) is 33.3. The van der Waals surface area contributed by atoms with Crippen LogP contribution in [0.1, 0.15) is 145 Å². The molecule has 69 heavy (non-hydrogen) atoms. The number of ether oxygens (including phenoxy) is 4. The molecule has 0 saturated carbocycles. The van der Waals surface area contributed by atoms with Gasteiger partial charge in [-0.3, -0.25) is 24.1 Å². The van der Waals surface area contributed by atoms with Crippen molar-refractivity contribution in [2.75, 3.05) is 46.7 Å². The molecular weight excluding hydrogens is 895 g/mol. The van der Waals surface area contributed by atoms with Gasteiger partial charge in [-0.2, -0.15) is 0 Å². The third kappa shape index (κ3) is 18.8. The fourth-order valence-electron chi connectivity index (χ4n) is 8.77. The Bertz CT molecular complexity index is 2050. The molecule has 1 fully saturated rings. The van der Waals surface area contributed by atoms with Crippen LogP contribution in [0.5, 0.6) is 5.75 Å². The minimum absolute atomic E-state index is 0.000692. The maximum atomic E-state index is 14.9. The van der Waals surface area contributed by atoms with Crippen LogP contribution >= 0.6 is 11.3 Å². The summed E-state index contributed by atoms with van der Waals surface area (Å²) in [7, 11) is 2.01. The van der Waals surface area contributed by atoms with Crippen LogP contribution in [0.25, 0.3) is 10.4 Å². The number of ketones is 1. The highest BCUT2D eigenvalue weighted by Crippen LogP contribution is 2.34. The summed E-state index contributed by atoms with van der Waals surface area (Å²) in [5.74, 6) is -1.02. The lowest BCUT2D eigenvalue weighted by molar-refractivity contribution is -0.151. The van der Waals surface area contributed by atoms with Crippen molar-refractivity contribution in [2.45, 2.75) is 150 Å². The van der Waals surface area contributed by atoms with Gasteiger partial charge < -0.3 is 29.2 Å². The van der Waals surface area contributed by atoms with Gasteiger partial charge in [0.15, 0.2) is 5.78 Å². The number of nitrogens with zero attached hydrogens (tertiary/aromatic N) is 6. The van der Waals surface area contributed by atoms with E-state index in [1.165, 1.54) is 11.3 Å². The van der Waals surface area contributed by atoms with E-state index in [9.17, 15) is 19.2 Å². The summed E-state index contributed by atoms with van der Waals surface area (Å²) in [6.07, 6.45) is 6.74. The van der Waals surface area contributed by atoms with Crippen molar-refractivity contribution in [3.8, 4) is 5.75 Å². The average Bonchev–Trinajstić information content (AvgIpc) is 3.85. The Kier molecular flexibility index (Phi) is 25.2. The average molecular weight is 974 g/mol. The Hall–Kier alpha value is -4.86. The number of esters is 1. The molecule has 1 N–H and O–H groups in total. The van der Waals surface area contributed by atoms with Gasteiger partial charge in [0.1, 0.15) is 35.9 Å². The summed E-state index contributed by atoms with van der Waals surface area (Å²) >= 11 is 1.35. The van der Waals surface area contributed by atoms with Crippen molar-refractivity contribution in [1.82, 2.24) is 20.1 Å². The Morgan fingerprint density at radius 1 is 0.971 bits per heavy atom. The molecule has 380 valence electrons. The lowest BCUT2D eigenvalue weighted by atomic mass is 9.82. The van der Waals surface area contributed by atoms with E-state index in [-0.39, 0.29) is 72.9 Å². The zero-order valence-electron chi connectivity index (χ0n) is 42.5. The lowest BCUT2D eigenvalue weighted by Gasteiger charge is -2.39.